The van der Waals surface area contributed by atoms with E-state index in [9.17, 15) is 5.11 Å². The van der Waals surface area contributed by atoms with Crippen LogP contribution in [0.2, 0.25) is 10.3 Å². The van der Waals surface area contributed by atoms with Crippen LogP contribution in [-0.2, 0) is 4.74 Å². The molecule has 4 atom stereocenters. The summed E-state index contributed by atoms with van der Waals surface area (Å²) >= 11 is 12.1. The summed E-state index contributed by atoms with van der Waals surface area (Å²) < 4.78 is 13.7. The van der Waals surface area contributed by atoms with Crippen molar-refractivity contribution >= 4 is 45.1 Å². The molecule has 1 N–H and O–H groups in total. The molecule has 7 nitrogen and oxygen atoms in total. The Kier molecular flexibility index (Phi) is 5.16. The number of nitrogens with zero attached hydrogens (tertiary/aromatic N) is 4. The predicted octanol–water partition coefficient (Wildman–Crippen LogP) is 3.87. The summed E-state index contributed by atoms with van der Waals surface area (Å²) in [6.07, 6.45) is 6.61. The highest BCUT2D eigenvalue weighted by atomic mass is 35.5. The van der Waals surface area contributed by atoms with Crippen LogP contribution in [0.5, 0.6) is 5.75 Å². The van der Waals surface area contributed by atoms with Crippen molar-refractivity contribution < 1.29 is 14.6 Å². The van der Waals surface area contributed by atoms with Gasteiger partial charge in [0.25, 0.3) is 0 Å². The van der Waals surface area contributed by atoms with Crippen LogP contribution in [-0.4, -0.2) is 43.4 Å². The van der Waals surface area contributed by atoms with Gasteiger partial charge in [-0.3, -0.25) is 0 Å². The van der Waals surface area contributed by atoms with Gasteiger partial charge < -0.3 is 19.1 Å². The monoisotopic (exact) mass is 454 g/mol. The van der Waals surface area contributed by atoms with Gasteiger partial charge in [0.15, 0.2) is 6.23 Å². The standard InChI is InChI=1S/C22H16Cl2N4O3/c1-2-14-17(10-30-13-5-3-12-4-6-18(23)27-16(12)9-13)31-22(19(14)29)28-8-7-15-20(24)25-11-26-21(15)28/h1,3-9,11,14,17,19,22,29H,10H2/t14-,17+,19+,22+/m0/s1. The fraction of sp³-hybridized carbons (Fsp3) is 0.227. The quantitative estimate of drug-likeness (QED) is 0.286. The average Bonchev–Trinajstić information content (AvgIpc) is 3.33. The molecule has 9 heteroatoms. The summed E-state index contributed by atoms with van der Waals surface area (Å²) in [5, 5.41) is 13.2. The lowest BCUT2D eigenvalue weighted by atomic mass is 9.99. The van der Waals surface area contributed by atoms with Crippen LogP contribution >= 0.6 is 23.2 Å². The molecule has 0 bridgehead atoms. The van der Waals surface area contributed by atoms with Crippen molar-refractivity contribution in [3.63, 3.8) is 0 Å². The first-order chi connectivity index (χ1) is 15.0. The minimum absolute atomic E-state index is 0.156. The molecule has 4 aromatic rings. The van der Waals surface area contributed by atoms with E-state index in [0.717, 1.165) is 10.9 Å². The van der Waals surface area contributed by atoms with Crippen LogP contribution in [0.3, 0.4) is 0 Å². The number of fused-ring (bicyclic) bond motifs is 2. The Labute approximate surface area is 187 Å². The Bertz CT molecular complexity index is 1320. The third kappa shape index (κ3) is 3.58. The summed E-state index contributed by atoms with van der Waals surface area (Å²) in [4.78, 5) is 12.5. The highest BCUT2D eigenvalue weighted by Crippen LogP contribution is 2.36. The van der Waals surface area contributed by atoms with Crippen molar-refractivity contribution in [1.29, 1.82) is 0 Å². The van der Waals surface area contributed by atoms with Crippen LogP contribution in [0.15, 0.2) is 48.9 Å². The van der Waals surface area contributed by atoms with Gasteiger partial charge in [0, 0.05) is 17.6 Å². The van der Waals surface area contributed by atoms with Gasteiger partial charge in [-0.05, 0) is 30.3 Å². The van der Waals surface area contributed by atoms with E-state index in [0.29, 0.717) is 27.1 Å². The lowest BCUT2D eigenvalue weighted by Crippen LogP contribution is -2.28. The van der Waals surface area contributed by atoms with Gasteiger partial charge in [0.1, 0.15) is 46.8 Å². The fourth-order valence-corrected chi connectivity index (χ4v) is 4.15. The molecule has 1 saturated heterocycles. The van der Waals surface area contributed by atoms with E-state index in [1.807, 2.05) is 18.2 Å². The van der Waals surface area contributed by atoms with E-state index in [1.165, 1.54) is 6.33 Å². The Hall–Kier alpha value is -2.89. The van der Waals surface area contributed by atoms with Gasteiger partial charge in [-0.2, -0.15) is 0 Å². The molecule has 1 aliphatic heterocycles. The molecule has 1 aliphatic rings. The number of terminal acetylenes is 1. The summed E-state index contributed by atoms with van der Waals surface area (Å²) in [6.45, 7) is 0.156. The summed E-state index contributed by atoms with van der Waals surface area (Å²) in [5.74, 6) is 2.67. The minimum atomic E-state index is -0.944. The third-order valence-electron chi connectivity index (χ3n) is 5.35. The molecule has 156 valence electrons. The Balaban J connectivity index is 1.37. The van der Waals surface area contributed by atoms with Gasteiger partial charge in [-0.1, -0.05) is 29.1 Å². The second-order valence-corrected chi connectivity index (χ2v) is 7.92. The number of ether oxygens (including phenoxy) is 2. The van der Waals surface area contributed by atoms with Gasteiger partial charge in [-0.25, -0.2) is 15.0 Å². The molecule has 0 spiro atoms. The number of benzene rings is 1. The number of hydrogen-bond donors (Lipinski definition) is 1. The SMILES string of the molecule is C#C[C@@H]1[C@@H](O)[C@H](n2ccc3c(Cl)ncnc32)O[C@@H]1COc1ccc2ccc(Cl)nc2c1. The molecule has 3 aromatic heterocycles. The molecule has 5 rings (SSSR count). The van der Waals surface area contributed by atoms with Crippen molar-refractivity contribution in [2.45, 2.75) is 18.4 Å². The molecule has 0 amide bonds. The number of pyridine rings is 1. The zero-order valence-electron chi connectivity index (χ0n) is 16.0. The van der Waals surface area contributed by atoms with Gasteiger partial charge in [0.2, 0.25) is 0 Å². The molecule has 0 radical (unpaired) electrons. The topological polar surface area (TPSA) is 82.3 Å². The van der Waals surface area contributed by atoms with Crippen LogP contribution < -0.4 is 4.74 Å². The number of hydrogen-bond acceptors (Lipinski definition) is 6. The van der Waals surface area contributed by atoms with Gasteiger partial charge >= 0.3 is 0 Å². The Morgan fingerprint density at radius 3 is 2.87 bits per heavy atom. The zero-order chi connectivity index (χ0) is 21.5. The molecule has 0 aliphatic carbocycles. The zero-order valence-corrected chi connectivity index (χ0v) is 17.5. The van der Waals surface area contributed by atoms with Crippen LogP contribution in [0.25, 0.3) is 21.9 Å². The van der Waals surface area contributed by atoms with Crippen molar-refractivity contribution in [2.24, 2.45) is 5.92 Å². The minimum Gasteiger partial charge on any atom is -0.491 e. The van der Waals surface area contributed by atoms with Crippen LogP contribution in [0.1, 0.15) is 6.23 Å². The summed E-state index contributed by atoms with van der Waals surface area (Å²) in [5.41, 5.74) is 1.28. The largest absolute Gasteiger partial charge is 0.491 e. The van der Waals surface area contributed by atoms with E-state index in [4.69, 9.17) is 39.1 Å². The van der Waals surface area contributed by atoms with E-state index in [-0.39, 0.29) is 6.61 Å². The molecule has 4 heterocycles. The van der Waals surface area contributed by atoms with E-state index in [2.05, 4.69) is 20.9 Å². The molecular formula is C22H16Cl2N4O3. The van der Waals surface area contributed by atoms with E-state index >= 15 is 0 Å². The second kappa shape index (κ2) is 7.98. The predicted molar refractivity (Wildman–Crippen MR) is 117 cm³/mol. The normalized spacial score (nSPS) is 23.3. The maximum absolute atomic E-state index is 10.8. The van der Waals surface area contributed by atoms with Crippen LogP contribution in [0.4, 0.5) is 0 Å². The maximum Gasteiger partial charge on any atom is 0.163 e. The number of halogens is 2. The molecule has 1 aromatic carbocycles. The molecule has 1 fully saturated rings. The molecule has 0 saturated carbocycles. The van der Waals surface area contributed by atoms with Crippen LogP contribution in [0, 0.1) is 18.3 Å². The fourth-order valence-electron chi connectivity index (χ4n) is 3.81. The Morgan fingerprint density at radius 2 is 2.03 bits per heavy atom. The summed E-state index contributed by atoms with van der Waals surface area (Å²) in [6, 6.07) is 10.9. The number of rotatable bonds is 4. The van der Waals surface area contributed by atoms with E-state index in [1.54, 1.807) is 29.0 Å². The third-order valence-corrected chi connectivity index (χ3v) is 5.86. The first-order valence-electron chi connectivity index (χ1n) is 9.51. The van der Waals surface area contributed by atoms with Crippen molar-refractivity contribution in [2.75, 3.05) is 6.61 Å². The van der Waals surface area contributed by atoms with E-state index < -0.39 is 24.4 Å². The lowest BCUT2D eigenvalue weighted by molar-refractivity contribution is -0.0456. The van der Waals surface area contributed by atoms with Gasteiger partial charge in [0.05, 0.1) is 16.8 Å². The maximum atomic E-state index is 10.8. The van der Waals surface area contributed by atoms with Crippen molar-refractivity contribution in [3.05, 3.63) is 59.2 Å². The molecule has 31 heavy (non-hydrogen) atoms. The molecule has 0 unspecified atom stereocenters. The smallest absolute Gasteiger partial charge is 0.163 e. The average molecular weight is 455 g/mol. The van der Waals surface area contributed by atoms with Crippen molar-refractivity contribution in [1.82, 2.24) is 19.5 Å². The van der Waals surface area contributed by atoms with Gasteiger partial charge in [-0.15, -0.1) is 6.42 Å². The highest BCUT2D eigenvalue weighted by Gasteiger charge is 2.44. The first-order valence-corrected chi connectivity index (χ1v) is 10.3. The van der Waals surface area contributed by atoms with Crippen molar-refractivity contribution in [3.8, 4) is 18.1 Å². The number of aromatic nitrogens is 4. The first kappa shape index (κ1) is 20.0. The lowest BCUT2D eigenvalue weighted by Gasteiger charge is -2.17. The second-order valence-electron chi connectivity index (χ2n) is 7.17. The number of aliphatic hydroxyl groups is 1. The Morgan fingerprint density at radius 1 is 1.19 bits per heavy atom. The molecular weight excluding hydrogens is 439 g/mol. The highest BCUT2D eigenvalue weighted by molar-refractivity contribution is 6.33. The summed E-state index contributed by atoms with van der Waals surface area (Å²) in [7, 11) is 0. The number of aliphatic hydroxyl groups excluding tert-OH is 1.